The third-order valence-corrected chi connectivity index (χ3v) is 4.82. The number of fused-ring (bicyclic) bond motifs is 1. The lowest BCUT2D eigenvalue weighted by atomic mass is 10.1. The Kier molecular flexibility index (Phi) is 5.21. The Labute approximate surface area is 163 Å². The van der Waals surface area contributed by atoms with Crippen LogP contribution >= 0.6 is 0 Å². The molecule has 1 N–H and O–H groups in total. The standard InChI is InChI=1S/C20H24N6O2/c1-14-9-15(2)11-16(10-14)20(27)21-3-4-26-19-17(12-24-26)18(22-13-23-19)25-5-7-28-8-6-25/h9-13H,3-8H2,1-2H3,(H,21,27). The first kappa shape index (κ1) is 18.4. The summed E-state index contributed by atoms with van der Waals surface area (Å²) in [5, 5.41) is 8.34. The fourth-order valence-corrected chi connectivity index (χ4v) is 3.55. The molecule has 0 bridgehead atoms. The molecule has 3 aromatic rings. The maximum absolute atomic E-state index is 12.4. The highest BCUT2D eigenvalue weighted by molar-refractivity contribution is 5.94. The smallest absolute Gasteiger partial charge is 0.251 e. The predicted molar refractivity (Wildman–Crippen MR) is 107 cm³/mol. The lowest BCUT2D eigenvalue weighted by molar-refractivity contribution is 0.0952. The number of nitrogens with zero attached hydrogens (tertiary/aromatic N) is 5. The van der Waals surface area contributed by atoms with E-state index in [0.717, 1.165) is 41.1 Å². The molecule has 0 saturated carbocycles. The monoisotopic (exact) mass is 380 g/mol. The van der Waals surface area contributed by atoms with Gasteiger partial charge >= 0.3 is 0 Å². The number of carbonyl (C=O) groups is 1. The second-order valence-corrected chi connectivity index (χ2v) is 7.03. The van der Waals surface area contributed by atoms with Crippen LogP contribution < -0.4 is 10.2 Å². The quantitative estimate of drug-likeness (QED) is 0.725. The Morgan fingerprint density at radius 1 is 1.14 bits per heavy atom. The molecule has 1 fully saturated rings. The minimum atomic E-state index is -0.0770. The summed E-state index contributed by atoms with van der Waals surface area (Å²) in [6.45, 7) is 8.01. The highest BCUT2D eigenvalue weighted by Crippen LogP contribution is 2.23. The summed E-state index contributed by atoms with van der Waals surface area (Å²) >= 11 is 0. The van der Waals surface area contributed by atoms with E-state index in [1.54, 1.807) is 12.5 Å². The number of amides is 1. The molecule has 4 rings (SSSR count). The molecule has 8 nitrogen and oxygen atoms in total. The molecule has 1 aliphatic rings. The fraction of sp³-hybridized carbons (Fsp3) is 0.400. The number of morpholine rings is 1. The number of rotatable bonds is 5. The molecule has 0 atom stereocenters. The van der Waals surface area contributed by atoms with Gasteiger partial charge in [0.15, 0.2) is 5.65 Å². The zero-order valence-corrected chi connectivity index (χ0v) is 16.2. The summed E-state index contributed by atoms with van der Waals surface area (Å²) in [6, 6.07) is 5.85. The molecule has 1 aliphatic heterocycles. The van der Waals surface area contributed by atoms with E-state index in [9.17, 15) is 4.79 Å². The number of aryl methyl sites for hydroxylation is 2. The van der Waals surface area contributed by atoms with Crippen molar-refractivity contribution in [1.82, 2.24) is 25.1 Å². The first-order chi connectivity index (χ1) is 13.6. The van der Waals surface area contributed by atoms with E-state index in [-0.39, 0.29) is 5.91 Å². The van der Waals surface area contributed by atoms with Crippen molar-refractivity contribution in [2.24, 2.45) is 0 Å². The second kappa shape index (κ2) is 7.93. The predicted octanol–water partition coefficient (Wildman–Crippen LogP) is 1.71. The summed E-state index contributed by atoms with van der Waals surface area (Å²) in [4.78, 5) is 23.5. The van der Waals surface area contributed by atoms with E-state index in [1.807, 2.05) is 30.7 Å². The average molecular weight is 380 g/mol. The molecule has 0 aliphatic carbocycles. The van der Waals surface area contributed by atoms with Crippen LogP contribution in [0.25, 0.3) is 11.0 Å². The van der Waals surface area contributed by atoms with Gasteiger partial charge in [0.25, 0.3) is 5.91 Å². The van der Waals surface area contributed by atoms with Gasteiger partial charge in [-0.1, -0.05) is 17.2 Å². The maximum atomic E-state index is 12.4. The molecule has 8 heteroatoms. The Balaban J connectivity index is 1.44. The van der Waals surface area contributed by atoms with Gasteiger partial charge in [0.05, 0.1) is 31.3 Å². The van der Waals surface area contributed by atoms with Gasteiger partial charge in [0.1, 0.15) is 12.1 Å². The lowest BCUT2D eigenvalue weighted by Crippen LogP contribution is -2.36. The van der Waals surface area contributed by atoms with Crippen molar-refractivity contribution in [2.75, 3.05) is 37.7 Å². The van der Waals surface area contributed by atoms with E-state index in [0.29, 0.717) is 31.9 Å². The molecule has 1 saturated heterocycles. The van der Waals surface area contributed by atoms with Gasteiger partial charge in [0.2, 0.25) is 0 Å². The van der Waals surface area contributed by atoms with Crippen molar-refractivity contribution >= 4 is 22.8 Å². The van der Waals surface area contributed by atoms with Crippen LogP contribution in [0.3, 0.4) is 0 Å². The van der Waals surface area contributed by atoms with Gasteiger partial charge in [-0.15, -0.1) is 0 Å². The van der Waals surface area contributed by atoms with E-state index < -0.39 is 0 Å². The number of hydrogen-bond acceptors (Lipinski definition) is 6. The minimum absolute atomic E-state index is 0.0770. The van der Waals surface area contributed by atoms with Crippen molar-refractivity contribution in [2.45, 2.75) is 20.4 Å². The molecule has 0 spiro atoms. The normalized spacial score (nSPS) is 14.4. The summed E-state index contributed by atoms with van der Waals surface area (Å²) in [5.74, 6) is 0.811. The first-order valence-electron chi connectivity index (χ1n) is 9.47. The number of benzene rings is 1. The number of hydrogen-bond donors (Lipinski definition) is 1. The molecular weight excluding hydrogens is 356 g/mol. The van der Waals surface area contributed by atoms with Gasteiger partial charge in [-0.2, -0.15) is 5.10 Å². The lowest BCUT2D eigenvalue weighted by Gasteiger charge is -2.27. The highest BCUT2D eigenvalue weighted by atomic mass is 16.5. The van der Waals surface area contributed by atoms with Gasteiger partial charge in [-0.25, -0.2) is 14.6 Å². The topological polar surface area (TPSA) is 85.2 Å². The largest absolute Gasteiger partial charge is 0.378 e. The second-order valence-electron chi connectivity index (χ2n) is 7.03. The van der Waals surface area contributed by atoms with Gasteiger partial charge < -0.3 is 15.0 Å². The van der Waals surface area contributed by atoms with E-state index in [1.165, 1.54) is 0 Å². The molecule has 1 aromatic carbocycles. The molecule has 28 heavy (non-hydrogen) atoms. The van der Waals surface area contributed by atoms with Crippen LogP contribution in [0, 0.1) is 13.8 Å². The van der Waals surface area contributed by atoms with E-state index in [2.05, 4.69) is 31.3 Å². The summed E-state index contributed by atoms with van der Waals surface area (Å²) in [6.07, 6.45) is 3.37. The SMILES string of the molecule is Cc1cc(C)cc(C(=O)NCCn2ncc3c(N4CCOCC4)ncnc32)c1. The zero-order valence-electron chi connectivity index (χ0n) is 16.2. The van der Waals surface area contributed by atoms with Gasteiger partial charge in [0, 0.05) is 25.2 Å². The highest BCUT2D eigenvalue weighted by Gasteiger charge is 2.18. The van der Waals surface area contributed by atoms with Crippen molar-refractivity contribution < 1.29 is 9.53 Å². The van der Waals surface area contributed by atoms with Crippen LogP contribution in [-0.4, -0.2) is 58.5 Å². The van der Waals surface area contributed by atoms with Crippen molar-refractivity contribution in [3.05, 3.63) is 47.4 Å². The number of nitrogens with one attached hydrogen (secondary N) is 1. The molecule has 2 aromatic heterocycles. The Hall–Kier alpha value is -3.00. The molecule has 3 heterocycles. The number of anilines is 1. The summed E-state index contributed by atoms with van der Waals surface area (Å²) < 4.78 is 7.23. The third-order valence-electron chi connectivity index (χ3n) is 4.82. The van der Waals surface area contributed by atoms with Crippen molar-refractivity contribution in [3.63, 3.8) is 0 Å². The zero-order chi connectivity index (χ0) is 19.5. The van der Waals surface area contributed by atoms with Crippen LogP contribution in [0.1, 0.15) is 21.5 Å². The Morgan fingerprint density at radius 2 is 1.89 bits per heavy atom. The van der Waals surface area contributed by atoms with Crippen LogP contribution in [-0.2, 0) is 11.3 Å². The Morgan fingerprint density at radius 3 is 2.64 bits per heavy atom. The average Bonchev–Trinajstić information content (AvgIpc) is 3.11. The Bertz CT molecular complexity index is 973. The van der Waals surface area contributed by atoms with Crippen LogP contribution in [0.5, 0.6) is 0 Å². The minimum Gasteiger partial charge on any atom is -0.378 e. The van der Waals surface area contributed by atoms with Crippen molar-refractivity contribution in [3.8, 4) is 0 Å². The third kappa shape index (κ3) is 3.82. The molecule has 1 amide bonds. The summed E-state index contributed by atoms with van der Waals surface area (Å²) in [7, 11) is 0. The van der Waals surface area contributed by atoms with Crippen LogP contribution in [0.4, 0.5) is 5.82 Å². The van der Waals surface area contributed by atoms with E-state index >= 15 is 0 Å². The number of ether oxygens (including phenoxy) is 1. The molecule has 0 unspecified atom stereocenters. The van der Waals surface area contributed by atoms with Crippen molar-refractivity contribution in [1.29, 1.82) is 0 Å². The summed E-state index contributed by atoms with van der Waals surface area (Å²) in [5.41, 5.74) is 3.61. The molecule has 0 radical (unpaired) electrons. The van der Waals surface area contributed by atoms with Crippen LogP contribution in [0.15, 0.2) is 30.7 Å². The number of carbonyl (C=O) groups excluding carboxylic acids is 1. The molecular formula is C20H24N6O2. The van der Waals surface area contributed by atoms with Crippen LogP contribution in [0.2, 0.25) is 0 Å². The fourth-order valence-electron chi connectivity index (χ4n) is 3.55. The molecule has 146 valence electrons. The first-order valence-corrected chi connectivity index (χ1v) is 9.47. The maximum Gasteiger partial charge on any atom is 0.251 e. The number of aromatic nitrogens is 4. The van der Waals surface area contributed by atoms with Gasteiger partial charge in [-0.3, -0.25) is 4.79 Å². The van der Waals surface area contributed by atoms with E-state index in [4.69, 9.17) is 4.74 Å². The van der Waals surface area contributed by atoms with Gasteiger partial charge in [-0.05, 0) is 26.0 Å².